The van der Waals surface area contributed by atoms with Crippen LogP contribution in [0.5, 0.6) is 0 Å². The van der Waals surface area contributed by atoms with Gasteiger partial charge in [0.25, 0.3) is 0 Å². The topological polar surface area (TPSA) is 95.4 Å². The Labute approximate surface area is 236 Å². The molecule has 2 amide bonds. The second-order valence-electron chi connectivity index (χ2n) is 11.7. The van der Waals surface area contributed by atoms with Crippen molar-refractivity contribution in [2.24, 2.45) is 13.0 Å². The van der Waals surface area contributed by atoms with E-state index in [1.807, 2.05) is 30.2 Å². The number of rotatable bonds is 7. The lowest BCUT2D eigenvalue weighted by molar-refractivity contribution is -0.136. The predicted octanol–water partition coefficient (Wildman–Crippen LogP) is 3.40. The first-order chi connectivity index (χ1) is 19.6. The maximum absolute atomic E-state index is 13.6. The van der Waals surface area contributed by atoms with Crippen LogP contribution in [0.1, 0.15) is 62.4 Å². The van der Waals surface area contributed by atoms with Crippen LogP contribution >= 0.6 is 0 Å². The molecule has 9 heteroatoms. The van der Waals surface area contributed by atoms with Gasteiger partial charge in [-0.05, 0) is 101 Å². The van der Waals surface area contributed by atoms with Gasteiger partial charge in [0.05, 0.1) is 17.6 Å². The van der Waals surface area contributed by atoms with Gasteiger partial charge in [-0.3, -0.25) is 34.4 Å². The molecular weight excluding hydrogens is 502 g/mol. The molecule has 3 fully saturated rings. The van der Waals surface area contributed by atoms with E-state index in [0.717, 1.165) is 93.4 Å². The Morgan fingerprint density at radius 2 is 1.73 bits per heavy atom. The van der Waals surface area contributed by atoms with Crippen LogP contribution in [0, 0.1) is 5.92 Å². The summed E-state index contributed by atoms with van der Waals surface area (Å²) in [6.07, 6.45) is 11.3. The molecule has 6 rings (SSSR count). The molecule has 0 saturated carbocycles. The van der Waals surface area contributed by atoms with E-state index in [9.17, 15) is 9.59 Å². The van der Waals surface area contributed by atoms with Crippen molar-refractivity contribution in [2.75, 3.05) is 39.3 Å². The molecule has 0 aliphatic carbocycles. The van der Waals surface area contributed by atoms with Crippen molar-refractivity contribution in [1.82, 2.24) is 35.2 Å². The van der Waals surface area contributed by atoms with Gasteiger partial charge in [-0.25, -0.2) is 0 Å². The molecule has 0 spiro atoms. The number of carbonyl (C=O) groups excluding carboxylic acids is 2. The predicted molar refractivity (Wildman–Crippen MR) is 155 cm³/mol. The number of hydrogen-bond acceptors (Lipinski definition) is 7. The first-order valence-electron chi connectivity index (χ1n) is 15.0. The number of amides is 2. The smallest absolute Gasteiger partial charge is 0.250 e. The van der Waals surface area contributed by atoms with Crippen LogP contribution in [0.3, 0.4) is 0 Å². The molecule has 3 saturated heterocycles. The van der Waals surface area contributed by atoms with Crippen LogP contribution in [0.4, 0.5) is 0 Å². The molecule has 9 nitrogen and oxygen atoms in total. The number of aryl methyl sites for hydroxylation is 1. The molecule has 1 aromatic carbocycles. The number of hydrogen-bond donors (Lipinski definition) is 2. The first kappa shape index (κ1) is 27.1. The normalized spacial score (nSPS) is 20.1. The molecule has 2 N–H and O–H groups in total. The minimum atomic E-state index is -0.575. The molecule has 0 bridgehead atoms. The van der Waals surface area contributed by atoms with E-state index in [2.05, 4.69) is 43.7 Å². The van der Waals surface area contributed by atoms with E-state index in [0.29, 0.717) is 5.69 Å². The van der Waals surface area contributed by atoms with Gasteiger partial charge >= 0.3 is 0 Å². The van der Waals surface area contributed by atoms with Gasteiger partial charge in [0, 0.05) is 36.7 Å². The van der Waals surface area contributed by atoms with Gasteiger partial charge in [-0.2, -0.15) is 5.10 Å². The second-order valence-corrected chi connectivity index (χ2v) is 11.7. The van der Waals surface area contributed by atoms with E-state index >= 15 is 0 Å². The largest absolute Gasteiger partial charge is 0.317 e. The molecule has 0 radical (unpaired) electrons. The molecule has 40 heavy (non-hydrogen) atoms. The van der Waals surface area contributed by atoms with Crippen molar-refractivity contribution in [1.29, 1.82) is 0 Å². The van der Waals surface area contributed by atoms with E-state index < -0.39 is 6.04 Å². The molecule has 1 unspecified atom stereocenters. The van der Waals surface area contributed by atoms with E-state index in [-0.39, 0.29) is 17.7 Å². The maximum Gasteiger partial charge on any atom is 0.250 e. The molecule has 3 aliphatic heterocycles. The molecule has 212 valence electrons. The summed E-state index contributed by atoms with van der Waals surface area (Å²) >= 11 is 0. The van der Waals surface area contributed by atoms with Crippen LogP contribution < -0.4 is 10.6 Å². The van der Waals surface area contributed by atoms with Crippen LogP contribution in [0.25, 0.3) is 21.9 Å². The van der Waals surface area contributed by atoms with Gasteiger partial charge in [0.1, 0.15) is 6.04 Å². The highest BCUT2D eigenvalue weighted by molar-refractivity contribution is 5.99. The Morgan fingerprint density at radius 1 is 0.975 bits per heavy atom. The van der Waals surface area contributed by atoms with Crippen LogP contribution in [0.15, 0.2) is 36.7 Å². The number of nitrogens with zero attached hydrogens (tertiary/aromatic N) is 5. The van der Waals surface area contributed by atoms with Crippen molar-refractivity contribution in [3.63, 3.8) is 0 Å². The fourth-order valence-corrected chi connectivity index (χ4v) is 6.56. The highest BCUT2D eigenvalue weighted by atomic mass is 16.2. The summed E-state index contributed by atoms with van der Waals surface area (Å²) in [5, 5.41) is 12.7. The minimum Gasteiger partial charge on any atom is -0.317 e. The third kappa shape index (κ3) is 5.82. The van der Waals surface area contributed by atoms with E-state index in [4.69, 9.17) is 4.98 Å². The molecule has 1 atom stereocenters. The van der Waals surface area contributed by atoms with Gasteiger partial charge in [0.2, 0.25) is 11.8 Å². The number of aromatic nitrogens is 3. The van der Waals surface area contributed by atoms with Gasteiger partial charge in [-0.1, -0.05) is 18.6 Å². The molecule has 5 heterocycles. The fraction of sp³-hybridized carbons (Fsp3) is 0.548. The summed E-state index contributed by atoms with van der Waals surface area (Å²) in [4.78, 5) is 36.0. The SMILES string of the molecule is Cn1ncc(-c2ccc3cnc(C(C(=O)NC(=O)C4CCNCC4)N4CCCC4)cc3c2)c1CN1CCCCC1. The second kappa shape index (κ2) is 12.2. The van der Waals surface area contributed by atoms with Gasteiger partial charge in [-0.15, -0.1) is 0 Å². The van der Waals surface area contributed by atoms with Crippen LogP contribution in [-0.2, 0) is 23.2 Å². The molecule has 3 aliphatic rings. The molecule has 2 aromatic heterocycles. The average Bonchev–Trinajstić information content (AvgIpc) is 3.64. The zero-order valence-electron chi connectivity index (χ0n) is 23.6. The van der Waals surface area contributed by atoms with Gasteiger partial charge in [0.15, 0.2) is 0 Å². The number of likely N-dealkylation sites (tertiary alicyclic amines) is 2. The summed E-state index contributed by atoms with van der Waals surface area (Å²) in [6.45, 7) is 6.45. The van der Waals surface area contributed by atoms with Crippen LogP contribution in [0.2, 0.25) is 0 Å². The highest BCUT2D eigenvalue weighted by Gasteiger charge is 2.33. The lowest BCUT2D eigenvalue weighted by Gasteiger charge is -2.27. The standard InChI is InChI=1S/C31H41N7O2/c1-36-28(21-37-13-3-2-4-14-37)26(20-34-36)23-7-8-24-19-33-27(18-25(24)17-23)29(38-15-5-6-16-38)31(40)35-30(39)22-9-11-32-12-10-22/h7-8,17-20,22,29,32H,2-6,9-16,21H2,1H3,(H,35,39,40). The number of piperidine rings is 2. The summed E-state index contributed by atoms with van der Waals surface area (Å²) in [5.41, 5.74) is 4.19. The third-order valence-electron chi connectivity index (χ3n) is 8.93. The van der Waals surface area contributed by atoms with Crippen molar-refractivity contribution in [3.8, 4) is 11.1 Å². The zero-order chi connectivity index (χ0) is 27.5. The van der Waals surface area contributed by atoms with Crippen LogP contribution in [-0.4, -0.2) is 75.6 Å². The Morgan fingerprint density at radius 3 is 2.50 bits per heavy atom. The number of imide groups is 1. The maximum atomic E-state index is 13.6. The van der Waals surface area contributed by atoms with Crippen molar-refractivity contribution in [3.05, 3.63) is 48.0 Å². The number of nitrogens with one attached hydrogen (secondary N) is 2. The highest BCUT2D eigenvalue weighted by Crippen LogP contribution is 2.31. The van der Waals surface area contributed by atoms with Crippen molar-refractivity contribution >= 4 is 22.6 Å². The first-order valence-corrected chi connectivity index (χ1v) is 15.0. The summed E-state index contributed by atoms with van der Waals surface area (Å²) in [7, 11) is 2.02. The van der Waals surface area contributed by atoms with E-state index in [1.165, 1.54) is 25.0 Å². The van der Waals surface area contributed by atoms with Gasteiger partial charge < -0.3 is 5.32 Å². The summed E-state index contributed by atoms with van der Waals surface area (Å²) in [5.74, 6) is -0.531. The Kier molecular flexibility index (Phi) is 8.22. The van der Waals surface area contributed by atoms with Crippen molar-refractivity contribution in [2.45, 2.75) is 57.5 Å². The number of benzene rings is 1. The number of pyridine rings is 1. The average molecular weight is 544 g/mol. The lowest BCUT2D eigenvalue weighted by atomic mass is 9.97. The summed E-state index contributed by atoms with van der Waals surface area (Å²) < 4.78 is 2.00. The monoisotopic (exact) mass is 543 g/mol. The third-order valence-corrected chi connectivity index (χ3v) is 8.93. The number of fused-ring (bicyclic) bond motifs is 1. The molecule has 3 aromatic rings. The Balaban J connectivity index is 1.28. The number of carbonyl (C=O) groups is 2. The Hall–Kier alpha value is -3.14. The van der Waals surface area contributed by atoms with Crippen molar-refractivity contribution < 1.29 is 9.59 Å². The quantitative estimate of drug-likeness (QED) is 0.472. The lowest BCUT2D eigenvalue weighted by Crippen LogP contribution is -2.46. The Bertz CT molecular complexity index is 1350. The van der Waals surface area contributed by atoms with E-state index in [1.54, 1.807) is 0 Å². The summed E-state index contributed by atoms with van der Waals surface area (Å²) in [6, 6.07) is 7.90. The molecular formula is C31H41N7O2. The zero-order valence-corrected chi connectivity index (χ0v) is 23.6. The minimum absolute atomic E-state index is 0.116. The fourth-order valence-electron chi connectivity index (χ4n) is 6.56.